The lowest BCUT2D eigenvalue weighted by molar-refractivity contribution is 0.344. The Morgan fingerprint density at radius 2 is 2.29 bits per heavy atom. The van der Waals surface area contributed by atoms with Crippen molar-refractivity contribution in [2.45, 2.75) is 24.6 Å². The summed E-state index contributed by atoms with van der Waals surface area (Å²) in [4.78, 5) is 2.92. The fourth-order valence-corrected chi connectivity index (χ4v) is 2.73. The third-order valence-electron chi connectivity index (χ3n) is 3.10. The number of halogens is 1. The van der Waals surface area contributed by atoms with Crippen molar-refractivity contribution in [2.75, 3.05) is 26.7 Å². The third-order valence-corrected chi connectivity index (χ3v) is 3.39. The van der Waals surface area contributed by atoms with E-state index in [2.05, 4.69) is 53.0 Å². The zero-order valence-electron chi connectivity index (χ0n) is 10.6. The van der Waals surface area contributed by atoms with Crippen molar-refractivity contribution in [2.24, 2.45) is 0 Å². The van der Waals surface area contributed by atoms with Crippen molar-refractivity contribution < 1.29 is 4.74 Å². The molecule has 0 N–H and O–H groups in total. The maximum Gasteiger partial charge on any atom is 0.122 e. The Balaban J connectivity index is 1.87. The number of fused-ring (bicyclic) bond motifs is 1. The Labute approximate surface area is 112 Å². The predicted octanol–water partition coefficient (Wildman–Crippen LogP) is 2.88. The van der Waals surface area contributed by atoms with Gasteiger partial charge in [0.05, 0.1) is 6.61 Å². The number of nitrogens with zero attached hydrogens (tertiary/aromatic N) is 1. The van der Waals surface area contributed by atoms with Crippen LogP contribution in [0, 0.1) is 0 Å². The Kier molecular flexibility index (Phi) is 4.46. The lowest BCUT2D eigenvalue weighted by atomic mass is 10.1. The van der Waals surface area contributed by atoms with E-state index in [1.807, 2.05) is 0 Å². The Bertz CT molecular complexity index is 378. The molecule has 2 nitrogen and oxygen atoms in total. The molecule has 1 atom stereocenters. The average molecular weight is 298 g/mol. The van der Waals surface area contributed by atoms with Gasteiger partial charge in [-0.3, -0.25) is 0 Å². The zero-order chi connectivity index (χ0) is 12.3. The molecule has 0 aliphatic carbocycles. The molecule has 1 aliphatic rings. The Hall–Kier alpha value is -0.540. The predicted molar refractivity (Wildman–Crippen MR) is 75.2 cm³/mol. The van der Waals surface area contributed by atoms with E-state index in [1.165, 1.54) is 11.1 Å². The third kappa shape index (κ3) is 3.71. The molecule has 2 rings (SSSR count). The maximum absolute atomic E-state index is 5.52. The van der Waals surface area contributed by atoms with E-state index in [1.54, 1.807) is 0 Å². The van der Waals surface area contributed by atoms with E-state index in [4.69, 9.17) is 4.74 Å². The number of rotatable bonds is 5. The minimum Gasteiger partial charge on any atom is -0.493 e. The second kappa shape index (κ2) is 5.87. The van der Waals surface area contributed by atoms with Gasteiger partial charge in [-0.2, -0.15) is 0 Å². The van der Waals surface area contributed by atoms with Gasteiger partial charge in [0.15, 0.2) is 0 Å². The van der Waals surface area contributed by atoms with Crippen LogP contribution in [0.3, 0.4) is 0 Å². The van der Waals surface area contributed by atoms with Crippen LogP contribution in [0.25, 0.3) is 0 Å². The summed E-state index contributed by atoms with van der Waals surface area (Å²) in [5.41, 5.74) is 2.79. The summed E-state index contributed by atoms with van der Waals surface area (Å²) in [5, 5.41) is 0. The summed E-state index contributed by atoms with van der Waals surface area (Å²) in [6.07, 6.45) is 2.18. The van der Waals surface area contributed by atoms with E-state index in [0.29, 0.717) is 4.83 Å². The van der Waals surface area contributed by atoms with E-state index in [-0.39, 0.29) is 0 Å². The monoisotopic (exact) mass is 297 g/mol. The van der Waals surface area contributed by atoms with Crippen LogP contribution >= 0.6 is 15.9 Å². The highest BCUT2D eigenvalue weighted by Crippen LogP contribution is 2.25. The molecule has 0 saturated heterocycles. The molecule has 0 spiro atoms. The molecule has 0 fully saturated rings. The Morgan fingerprint density at radius 3 is 3.06 bits per heavy atom. The number of benzene rings is 1. The molecule has 17 heavy (non-hydrogen) atoms. The molecule has 3 heteroatoms. The molecule has 0 amide bonds. The van der Waals surface area contributed by atoms with E-state index in [0.717, 1.165) is 38.3 Å². The number of alkyl halides is 1. The zero-order valence-corrected chi connectivity index (χ0v) is 12.2. The van der Waals surface area contributed by atoms with E-state index < -0.39 is 0 Å². The van der Waals surface area contributed by atoms with Gasteiger partial charge in [-0.1, -0.05) is 35.0 Å². The molecule has 0 radical (unpaired) electrons. The van der Waals surface area contributed by atoms with Crippen molar-refractivity contribution in [1.29, 1.82) is 0 Å². The van der Waals surface area contributed by atoms with Crippen molar-refractivity contribution in [1.82, 2.24) is 4.90 Å². The molecule has 0 aromatic heterocycles. The highest BCUT2D eigenvalue weighted by Gasteiger charge is 2.12. The standard InChI is InChI=1S/C14H20BrNO/c1-11(15)10-16(2)7-5-12-3-4-14-13(9-12)6-8-17-14/h3-4,9,11H,5-8,10H2,1-2H3. The van der Waals surface area contributed by atoms with Crippen LogP contribution in [0.2, 0.25) is 0 Å². The van der Waals surface area contributed by atoms with Crippen LogP contribution in [-0.2, 0) is 12.8 Å². The normalized spacial score (nSPS) is 15.8. The topological polar surface area (TPSA) is 12.5 Å². The summed E-state index contributed by atoms with van der Waals surface area (Å²) in [6.45, 7) is 5.23. The maximum atomic E-state index is 5.52. The van der Waals surface area contributed by atoms with Gasteiger partial charge in [-0.25, -0.2) is 0 Å². The molecule has 1 aliphatic heterocycles. The number of hydrogen-bond donors (Lipinski definition) is 0. The molecular weight excluding hydrogens is 278 g/mol. The van der Waals surface area contributed by atoms with E-state index >= 15 is 0 Å². The molecule has 1 unspecified atom stereocenters. The van der Waals surface area contributed by atoms with Gasteiger partial charge in [0.1, 0.15) is 5.75 Å². The summed E-state index contributed by atoms with van der Waals surface area (Å²) in [5.74, 6) is 1.08. The minimum absolute atomic E-state index is 0.556. The molecule has 0 saturated carbocycles. The van der Waals surface area contributed by atoms with Crippen LogP contribution in [-0.4, -0.2) is 36.5 Å². The lowest BCUT2D eigenvalue weighted by Crippen LogP contribution is -2.26. The van der Waals surface area contributed by atoms with Crippen molar-refractivity contribution >= 4 is 15.9 Å². The van der Waals surface area contributed by atoms with Crippen LogP contribution in [0.5, 0.6) is 5.75 Å². The molecule has 94 valence electrons. The highest BCUT2D eigenvalue weighted by atomic mass is 79.9. The van der Waals surface area contributed by atoms with Crippen molar-refractivity contribution in [3.63, 3.8) is 0 Å². The van der Waals surface area contributed by atoms with Gasteiger partial charge < -0.3 is 9.64 Å². The van der Waals surface area contributed by atoms with Gasteiger partial charge in [0, 0.05) is 24.3 Å². The largest absolute Gasteiger partial charge is 0.493 e. The van der Waals surface area contributed by atoms with Crippen LogP contribution in [0.1, 0.15) is 18.1 Å². The molecule has 1 heterocycles. The summed E-state index contributed by atoms with van der Waals surface area (Å²) < 4.78 is 5.52. The first-order chi connectivity index (χ1) is 8.15. The number of likely N-dealkylation sites (N-methyl/N-ethyl adjacent to an activating group) is 1. The van der Waals surface area contributed by atoms with Crippen LogP contribution in [0.15, 0.2) is 18.2 Å². The number of hydrogen-bond acceptors (Lipinski definition) is 2. The number of ether oxygens (including phenoxy) is 1. The van der Waals surface area contributed by atoms with Crippen molar-refractivity contribution in [3.05, 3.63) is 29.3 Å². The SMILES string of the molecule is CC(Br)CN(C)CCc1ccc2c(c1)CCO2. The minimum atomic E-state index is 0.556. The second-order valence-electron chi connectivity index (χ2n) is 4.83. The molecule has 0 bridgehead atoms. The van der Waals surface area contributed by atoms with Gasteiger partial charge in [0.2, 0.25) is 0 Å². The Morgan fingerprint density at radius 1 is 1.47 bits per heavy atom. The fourth-order valence-electron chi connectivity index (χ4n) is 2.24. The smallest absolute Gasteiger partial charge is 0.122 e. The van der Waals surface area contributed by atoms with Crippen molar-refractivity contribution in [3.8, 4) is 5.75 Å². The van der Waals surface area contributed by atoms with Crippen LogP contribution < -0.4 is 4.74 Å². The lowest BCUT2D eigenvalue weighted by Gasteiger charge is -2.18. The van der Waals surface area contributed by atoms with Gasteiger partial charge >= 0.3 is 0 Å². The summed E-state index contributed by atoms with van der Waals surface area (Å²) >= 11 is 3.58. The van der Waals surface area contributed by atoms with Gasteiger partial charge in [-0.15, -0.1) is 0 Å². The highest BCUT2D eigenvalue weighted by molar-refractivity contribution is 9.09. The van der Waals surface area contributed by atoms with E-state index in [9.17, 15) is 0 Å². The molecule has 1 aromatic carbocycles. The van der Waals surface area contributed by atoms with Gasteiger partial charge in [-0.05, 0) is 30.7 Å². The summed E-state index contributed by atoms with van der Waals surface area (Å²) in [6, 6.07) is 6.61. The second-order valence-corrected chi connectivity index (χ2v) is 6.40. The molecular formula is C14H20BrNO. The first-order valence-electron chi connectivity index (χ1n) is 6.22. The average Bonchev–Trinajstić information content (AvgIpc) is 2.72. The quantitative estimate of drug-likeness (QED) is 0.775. The molecule has 1 aromatic rings. The first-order valence-corrected chi connectivity index (χ1v) is 7.14. The van der Waals surface area contributed by atoms with Crippen LogP contribution in [0.4, 0.5) is 0 Å². The first kappa shape index (κ1) is 12.9. The summed E-state index contributed by atoms with van der Waals surface area (Å²) in [7, 11) is 2.17. The van der Waals surface area contributed by atoms with Gasteiger partial charge in [0.25, 0.3) is 0 Å². The fraction of sp³-hybridized carbons (Fsp3) is 0.571.